The molecule has 0 amide bonds. The molecule has 86 valence electrons. The maximum absolute atomic E-state index is 11.6. The molecule has 0 aromatic carbocycles. The van der Waals surface area contributed by atoms with E-state index in [2.05, 4.69) is 0 Å². The van der Waals surface area contributed by atoms with Gasteiger partial charge in [0.1, 0.15) is 0 Å². The first-order valence-electron chi connectivity index (χ1n) is 2.67. The SMILES string of the molecule is FC(F)(F)C(S)(C(F)(F)F)C(F)(F)F. The minimum Gasteiger partial charge on any atom is -0.169 e. The van der Waals surface area contributed by atoms with Crippen molar-refractivity contribution in [3.05, 3.63) is 0 Å². The second kappa shape index (κ2) is 3.11. The summed E-state index contributed by atoms with van der Waals surface area (Å²) >= 11 is 1.69. The van der Waals surface area contributed by atoms with E-state index in [4.69, 9.17) is 0 Å². The highest BCUT2D eigenvalue weighted by Gasteiger charge is 2.82. The Morgan fingerprint density at radius 3 is 0.643 bits per heavy atom. The first-order chi connectivity index (χ1) is 5.75. The summed E-state index contributed by atoms with van der Waals surface area (Å²) in [6.07, 6.45) is -19.7. The lowest BCUT2D eigenvalue weighted by molar-refractivity contribution is -0.344. The third kappa shape index (κ3) is 1.89. The molecule has 0 saturated carbocycles. The van der Waals surface area contributed by atoms with Crippen molar-refractivity contribution in [2.45, 2.75) is 23.3 Å². The van der Waals surface area contributed by atoms with Gasteiger partial charge in [-0.3, -0.25) is 0 Å². The predicted molar refractivity (Wildman–Crippen MR) is 29.9 cm³/mol. The zero-order valence-electron chi connectivity index (χ0n) is 5.85. The van der Waals surface area contributed by atoms with Crippen molar-refractivity contribution >= 4 is 12.6 Å². The molecular formula is C4HF9S. The van der Waals surface area contributed by atoms with Gasteiger partial charge >= 0.3 is 18.5 Å². The van der Waals surface area contributed by atoms with E-state index in [1.807, 2.05) is 0 Å². The van der Waals surface area contributed by atoms with Crippen LogP contribution in [0.5, 0.6) is 0 Å². The summed E-state index contributed by atoms with van der Waals surface area (Å²) in [6, 6.07) is 0. The topological polar surface area (TPSA) is 0 Å². The lowest BCUT2D eigenvalue weighted by Gasteiger charge is -2.34. The van der Waals surface area contributed by atoms with E-state index in [1.54, 1.807) is 12.6 Å². The lowest BCUT2D eigenvalue weighted by atomic mass is 10.1. The summed E-state index contributed by atoms with van der Waals surface area (Å²) in [5.41, 5.74) is 0. The molecule has 0 aliphatic heterocycles. The lowest BCUT2D eigenvalue weighted by Crippen LogP contribution is -2.62. The van der Waals surface area contributed by atoms with Crippen LogP contribution >= 0.6 is 12.6 Å². The van der Waals surface area contributed by atoms with Crippen molar-refractivity contribution in [1.82, 2.24) is 0 Å². The standard InChI is InChI=1S/C4HF9S/c5-2(6,7)1(14,3(8,9)10)4(11,12)13/h14H. The molecule has 0 atom stereocenters. The quantitative estimate of drug-likeness (QED) is 0.496. The number of hydrogen-bond donors (Lipinski definition) is 1. The maximum atomic E-state index is 11.6. The Morgan fingerprint density at radius 2 is 0.643 bits per heavy atom. The van der Waals surface area contributed by atoms with E-state index in [-0.39, 0.29) is 0 Å². The van der Waals surface area contributed by atoms with Crippen LogP contribution in [0.3, 0.4) is 0 Å². The molecule has 0 heterocycles. The summed E-state index contributed by atoms with van der Waals surface area (Å²) < 4.78 is 98.2. The Kier molecular flexibility index (Phi) is 3.04. The molecule has 0 aliphatic rings. The zero-order chi connectivity index (χ0) is 12.0. The van der Waals surface area contributed by atoms with Gasteiger partial charge in [0, 0.05) is 0 Å². The monoisotopic (exact) mass is 252 g/mol. The fourth-order valence-electron chi connectivity index (χ4n) is 0.482. The van der Waals surface area contributed by atoms with E-state index < -0.39 is 23.3 Å². The number of rotatable bonds is 0. The summed E-state index contributed by atoms with van der Waals surface area (Å²) in [7, 11) is 0. The van der Waals surface area contributed by atoms with Crippen molar-refractivity contribution in [1.29, 1.82) is 0 Å². The van der Waals surface area contributed by atoms with Crippen molar-refractivity contribution in [3.63, 3.8) is 0 Å². The second-order valence-corrected chi connectivity index (χ2v) is 2.87. The summed E-state index contributed by atoms with van der Waals surface area (Å²) in [6.45, 7) is 0. The fraction of sp³-hybridized carbons (Fsp3) is 1.00. The average Bonchev–Trinajstić information content (AvgIpc) is 1.77. The molecule has 0 rings (SSSR count). The molecule has 0 radical (unpaired) electrons. The molecule has 0 fully saturated rings. The Hall–Kier alpha value is -0.280. The first-order valence-corrected chi connectivity index (χ1v) is 3.12. The number of hydrogen-bond acceptors (Lipinski definition) is 1. The first kappa shape index (κ1) is 13.7. The minimum absolute atomic E-state index is 1.69. The summed E-state index contributed by atoms with van der Waals surface area (Å²) in [4.78, 5) is 0. The van der Waals surface area contributed by atoms with E-state index in [1.165, 1.54) is 0 Å². The smallest absolute Gasteiger partial charge is 0.169 e. The number of alkyl halides is 9. The molecule has 0 saturated heterocycles. The van der Waals surface area contributed by atoms with Crippen molar-refractivity contribution < 1.29 is 39.5 Å². The van der Waals surface area contributed by atoms with Gasteiger partial charge in [-0.15, -0.1) is 12.6 Å². The molecule has 0 aromatic heterocycles. The molecular weight excluding hydrogens is 251 g/mol. The van der Waals surface area contributed by atoms with E-state index in [9.17, 15) is 39.5 Å². The highest BCUT2D eigenvalue weighted by molar-refractivity contribution is 7.82. The Balaban J connectivity index is 5.54. The van der Waals surface area contributed by atoms with Gasteiger partial charge in [-0.2, -0.15) is 39.5 Å². The normalized spacial score (nSPS) is 15.9. The van der Waals surface area contributed by atoms with E-state index in [0.717, 1.165) is 0 Å². The highest BCUT2D eigenvalue weighted by atomic mass is 32.1. The van der Waals surface area contributed by atoms with Gasteiger partial charge in [0.25, 0.3) is 4.75 Å². The van der Waals surface area contributed by atoms with Crippen LogP contribution in [0.1, 0.15) is 0 Å². The van der Waals surface area contributed by atoms with Gasteiger partial charge in [0.05, 0.1) is 0 Å². The molecule has 0 aliphatic carbocycles. The van der Waals surface area contributed by atoms with Crippen LogP contribution in [0.25, 0.3) is 0 Å². The molecule has 14 heavy (non-hydrogen) atoms. The zero-order valence-corrected chi connectivity index (χ0v) is 6.74. The molecule has 0 N–H and O–H groups in total. The molecule has 0 nitrogen and oxygen atoms in total. The van der Waals surface area contributed by atoms with Crippen molar-refractivity contribution in [2.24, 2.45) is 0 Å². The van der Waals surface area contributed by atoms with Gasteiger partial charge in [0.2, 0.25) is 0 Å². The average molecular weight is 252 g/mol. The fourth-order valence-corrected chi connectivity index (χ4v) is 0.482. The third-order valence-corrected chi connectivity index (χ3v) is 1.99. The maximum Gasteiger partial charge on any atom is 0.420 e. The Morgan fingerprint density at radius 1 is 0.500 bits per heavy atom. The van der Waals surface area contributed by atoms with Crippen LogP contribution in [0.15, 0.2) is 0 Å². The number of thiol groups is 1. The largest absolute Gasteiger partial charge is 0.420 e. The van der Waals surface area contributed by atoms with E-state index >= 15 is 0 Å². The van der Waals surface area contributed by atoms with Crippen LogP contribution < -0.4 is 0 Å². The van der Waals surface area contributed by atoms with Crippen LogP contribution in [0, 0.1) is 0 Å². The molecule has 0 spiro atoms. The number of halogens is 9. The minimum atomic E-state index is -6.56. The van der Waals surface area contributed by atoms with Crippen LogP contribution in [0.2, 0.25) is 0 Å². The summed E-state index contributed by atoms with van der Waals surface area (Å²) in [5, 5.41) is 0. The van der Waals surface area contributed by atoms with E-state index in [0.29, 0.717) is 0 Å². The third-order valence-electron chi connectivity index (χ3n) is 1.23. The van der Waals surface area contributed by atoms with Gasteiger partial charge in [-0.25, -0.2) is 0 Å². The van der Waals surface area contributed by atoms with Crippen molar-refractivity contribution in [2.75, 3.05) is 0 Å². The Labute approximate surface area is 76.5 Å². The van der Waals surface area contributed by atoms with Gasteiger partial charge in [0.15, 0.2) is 0 Å². The predicted octanol–water partition coefficient (Wildman–Crippen LogP) is 3.34. The van der Waals surface area contributed by atoms with Gasteiger partial charge in [-0.05, 0) is 0 Å². The molecule has 10 heteroatoms. The Bertz CT molecular complexity index is 170. The van der Waals surface area contributed by atoms with Gasteiger partial charge in [-0.1, -0.05) is 0 Å². The summed E-state index contributed by atoms with van der Waals surface area (Å²) in [5.74, 6) is 0. The molecule has 0 bridgehead atoms. The second-order valence-electron chi connectivity index (χ2n) is 2.20. The van der Waals surface area contributed by atoms with Crippen molar-refractivity contribution in [3.8, 4) is 0 Å². The molecule has 0 aromatic rings. The molecule has 0 unspecified atom stereocenters. The van der Waals surface area contributed by atoms with Crippen LogP contribution in [-0.4, -0.2) is 23.3 Å². The van der Waals surface area contributed by atoms with Crippen LogP contribution in [-0.2, 0) is 0 Å². The van der Waals surface area contributed by atoms with Gasteiger partial charge < -0.3 is 0 Å². The highest BCUT2D eigenvalue weighted by Crippen LogP contribution is 2.56. The van der Waals surface area contributed by atoms with Crippen LogP contribution in [0.4, 0.5) is 39.5 Å².